The summed E-state index contributed by atoms with van der Waals surface area (Å²) in [6, 6.07) is 16.0. The number of carbonyl (C=O) groups is 2. The van der Waals surface area contributed by atoms with E-state index < -0.39 is 22.7 Å². The molecule has 0 saturated heterocycles. The molecule has 0 aliphatic carbocycles. The first-order chi connectivity index (χ1) is 13.9. The Labute approximate surface area is 189 Å². The fourth-order valence-electron chi connectivity index (χ4n) is 2.47. The quantitative estimate of drug-likeness (QED) is 0.457. The van der Waals surface area contributed by atoms with Crippen molar-refractivity contribution in [3.05, 3.63) is 64.6 Å². The van der Waals surface area contributed by atoms with E-state index in [2.05, 4.69) is 36.8 Å². The number of hydrogen-bond donors (Lipinski definition) is 2. The van der Waals surface area contributed by atoms with E-state index in [1.165, 1.54) is 11.3 Å². The van der Waals surface area contributed by atoms with Gasteiger partial charge >= 0.3 is 0 Å². The van der Waals surface area contributed by atoms with E-state index in [-0.39, 0.29) is 6.42 Å². The largest absolute Gasteiger partial charge is 0.342 e. The Morgan fingerprint density at radius 3 is 2.34 bits per heavy atom. The molecule has 3 rings (SSSR count). The average molecular weight is 514 g/mol. The Morgan fingerprint density at radius 2 is 1.69 bits per heavy atom. The lowest BCUT2D eigenvalue weighted by atomic mass is 10.1. The minimum Gasteiger partial charge on any atom is -0.342 e. The van der Waals surface area contributed by atoms with Crippen molar-refractivity contribution in [1.29, 1.82) is 0 Å². The first kappa shape index (κ1) is 21.7. The zero-order valence-electron chi connectivity index (χ0n) is 14.8. The predicted molar refractivity (Wildman–Crippen MR) is 119 cm³/mol. The molecule has 1 heterocycles. The third-order valence-electron chi connectivity index (χ3n) is 3.86. The van der Waals surface area contributed by atoms with Crippen molar-refractivity contribution in [2.45, 2.75) is 17.3 Å². The molecule has 0 spiro atoms. The first-order valence-corrected chi connectivity index (χ1v) is 10.9. The summed E-state index contributed by atoms with van der Waals surface area (Å²) >= 11 is 15.9. The molecular weight excluding hydrogens is 499 g/mol. The molecule has 1 unspecified atom stereocenters. The normalized spacial score (nSPS) is 11.9. The molecule has 150 valence electrons. The van der Waals surface area contributed by atoms with Crippen LogP contribution in [0.4, 0.5) is 5.13 Å². The van der Waals surface area contributed by atoms with Crippen LogP contribution in [0.5, 0.6) is 0 Å². The van der Waals surface area contributed by atoms with Gasteiger partial charge in [0.15, 0.2) is 4.84 Å². The number of benzene rings is 2. The van der Waals surface area contributed by atoms with Crippen molar-refractivity contribution in [1.82, 2.24) is 15.5 Å². The van der Waals surface area contributed by atoms with Crippen LogP contribution in [0.3, 0.4) is 0 Å². The Bertz CT molecular complexity index is 983. The molecule has 3 aromatic rings. The zero-order chi connectivity index (χ0) is 20.8. The van der Waals surface area contributed by atoms with Crippen LogP contribution in [0.15, 0.2) is 59.1 Å². The highest BCUT2D eigenvalue weighted by Gasteiger charge is 2.25. The molecule has 1 atom stereocenters. The van der Waals surface area contributed by atoms with E-state index in [0.29, 0.717) is 10.1 Å². The van der Waals surface area contributed by atoms with Gasteiger partial charge in [-0.1, -0.05) is 92.9 Å². The van der Waals surface area contributed by atoms with Crippen LogP contribution in [0, 0.1) is 0 Å². The molecule has 29 heavy (non-hydrogen) atoms. The van der Waals surface area contributed by atoms with Crippen LogP contribution in [0.25, 0.3) is 10.6 Å². The highest BCUT2D eigenvalue weighted by molar-refractivity contribution is 9.10. The van der Waals surface area contributed by atoms with E-state index in [1.807, 2.05) is 54.6 Å². The van der Waals surface area contributed by atoms with Gasteiger partial charge < -0.3 is 5.32 Å². The van der Waals surface area contributed by atoms with Crippen LogP contribution in [-0.4, -0.2) is 32.9 Å². The van der Waals surface area contributed by atoms with E-state index >= 15 is 0 Å². The summed E-state index contributed by atoms with van der Waals surface area (Å²) in [5.41, 5.74) is 1.76. The number of halogens is 3. The number of anilines is 1. The van der Waals surface area contributed by atoms with Gasteiger partial charge in [0, 0.05) is 16.5 Å². The second kappa shape index (κ2) is 10.2. The maximum atomic E-state index is 12.8. The fourth-order valence-corrected chi connectivity index (χ4v) is 3.61. The van der Waals surface area contributed by atoms with Gasteiger partial charge in [0.2, 0.25) is 11.0 Å². The van der Waals surface area contributed by atoms with Gasteiger partial charge in [0.25, 0.3) is 5.91 Å². The van der Waals surface area contributed by atoms with Gasteiger partial charge in [-0.3, -0.25) is 14.9 Å². The highest BCUT2D eigenvalue weighted by atomic mass is 79.9. The lowest BCUT2D eigenvalue weighted by molar-refractivity contribution is -0.125. The topological polar surface area (TPSA) is 84.0 Å². The molecular formula is C19H15BrCl2N4O2S. The molecule has 1 aromatic heterocycles. The Balaban J connectivity index is 1.73. The summed E-state index contributed by atoms with van der Waals surface area (Å²) in [5.74, 6) is -1.08. The van der Waals surface area contributed by atoms with Crippen molar-refractivity contribution in [3.8, 4) is 10.6 Å². The number of carbonyl (C=O) groups excluding carboxylic acids is 2. The van der Waals surface area contributed by atoms with Crippen molar-refractivity contribution < 1.29 is 9.59 Å². The molecule has 2 amide bonds. The third-order valence-corrected chi connectivity index (χ3v) is 5.67. The fraction of sp³-hybridized carbons (Fsp3) is 0.158. The van der Waals surface area contributed by atoms with Crippen LogP contribution in [-0.2, 0) is 16.0 Å². The molecule has 0 bridgehead atoms. The van der Waals surface area contributed by atoms with E-state index in [9.17, 15) is 9.59 Å². The summed E-state index contributed by atoms with van der Waals surface area (Å²) in [6.07, 6.45) is 0.275. The molecule has 2 aromatic carbocycles. The number of hydrogen-bond acceptors (Lipinski definition) is 5. The maximum absolute atomic E-state index is 12.8. The van der Waals surface area contributed by atoms with E-state index in [0.717, 1.165) is 15.6 Å². The lowest BCUT2D eigenvalue weighted by Gasteiger charge is -2.18. The third kappa shape index (κ3) is 6.24. The van der Waals surface area contributed by atoms with Crippen molar-refractivity contribution >= 4 is 67.4 Å². The summed E-state index contributed by atoms with van der Waals surface area (Å²) in [4.78, 5) is 23.4. The number of nitrogens with one attached hydrogen (secondary N) is 2. The minimum atomic E-state index is -1.27. The molecule has 2 N–H and O–H groups in total. The lowest BCUT2D eigenvalue weighted by Crippen LogP contribution is -2.47. The average Bonchev–Trinajstić information content (AvgIpc) is 3.17. The van der Waals surface area contributed by atoms with E-state index in [1.54, 1.807) is 0 Å². The van der Waals surface area contributed by atoms with Crippen LogP contribution in [0.2, 0.25) is 0 Å². The smallest absolute Gasteiger partial charge is 0.253 e. The Kier molecular flexibility index (Phi) is 7.60. The number of amides is 2. The van der Waals surface area contributed by atoms with Crippen LogP contribution in [0.1, 0.15) is 5.56 Å². The number of nitrogens with zero attached hydrogens (tertiary/aromatic N) is 2. The molecule has 10 heteroatoms. The second-order valence-electron chi connectivity index (χ2n) is 5.96. The summed E-state index contributed by atoms with van der Waals surface area (Å²) < 4.78 is 0.954. The molecule has 6 nitrogen and oxygen atoms in total. The molecule has 0 radical (unpaired) electrons. The van der Waals surface area contributed by atoms with Gasteiger partial charge in [0.1, 0.15) is 11.0 Å². The van der Waals surface area contributed by atoms with Gasteiger partial charge in [0.05, 0.1) is 0 Å². The minimum absolute atomic E-state index is 0.275. The molecule has 0 aliphatic rings. The van der Waals surface area contributed by atoms with Crippen molar-refractivity contribution in [2.75, 3.05) is 5.32 Å². The summed E-state index contributed by atoms with van der Waals surface area (Å²) in [7, 11) is 0. The van der Waals surface area contributed by atoms with Gasteiger partial charge in [-0.15, -0.1) is 10.2 Å². The Hall–Kier alpha value is -2.00. The SMILES string of the molecule is O=C(NC(Cc1ccccc1)C(=O)Nc1nnc(-c2ccc(Br)cc2)s1)C(Cl)Cl. The predicted octanol–water partition coefficient (Wildman–Crippen LogP) is 4.44. The summed E-state index contributed by atoms with van der Waals surface area (Å²) in [6.45, 7) is 0. The molecule has 0 fully saturated rings. The molecule has 0 aliphatic heterocycles. The standard InChI is InChI=1S/C19H15BrCl2N4O2S/c20-13-8-6-12(7-9-13)18-25-26-19(29-18)24-16(27)14(23-17(28)15(21)22)10-11-4-2-1-3-5-11/h1-9,14-15H,10H2,(H,23,28)(H,24,26,27). The zero-order valence-corrected chi connectivity index (χ0v) is 18.7. The number of aromatic nitrogens is 2. The number of alkyl halides is 2. The first-order valence-electron chi connectivity index (χ1n) is 8.45. The Morgan fingerprint density at radius 1 is 1.00 bits per heavy atom. The molecule has 0 saturated carbocycles. The second-order valence-corrected chi connectivity index (χ2v) is 8.95. The van der Waals surface area contributed by atoms with Crippen molar-refractivity contribution in [2.24, 2.45) is 0 Å². The van der Waals surface area contributed by atoms with Gasteiger partial charge in [-0.25, -0.2) is 0 Å². The van der Waals surface area contributed by atoms with Gasteiger partial charge in [-0.05, 0) is 17.7 Å². The maximum Gasteiger partial charge on any atom is 0.253 e. The van der Waals surface area contributed by atoms with Crippen LogP contribution >= 0.6 is 50.5 Å². The highest BCUT2D eigenvalue weighted by Crippen LogP contribution is 2.27. The monoisotopic (exact) mass is 512 g/mol. The van der Waals surface area contributed by atoms with Gasteiger partial charge in [-0.2, -0.15) is 0 Å². The van der Waals surface area contributed by atoms with E-state index in [4.69, 9.17) is 23.2 Å². The van der Waals surface area contributed by atoms with Crippen LogP contribution < -0.4 is 10.6 Å². The van der Waals surface area contributed by atoms with Crippen molar-refractivity contribution in [3.63, 3.8) is 0 Å². The summed E-state index contributed by atoms with van der Waals surface area (Å²) in [5, 5.41) is 14.4. The number of rotatable bonds is 7.